The van der Waals surface area contributed by atoms with Crippen LogP contribution in [0.1, 0.15) is 36.8 Å². The smallest absolute Gasteiger partial charge is 0.256 e. The van der Waals surface area contributed by atoms with Gasteiger partial charge in [0.1, 0.15) is 5.82 Å². The summed E-state index contributed by atoms with van der Waals surface area (Å²) >= 11 is 0. The maximum absolute atomic E-state index is 13.1. The molecule has 0 saturated carbocycles. The molecule has 1 aliphatic heterocycles. The van der Waals surface area contributed by atoms with Gasteiger partial charge in [0, 0.05) is 42.5 Å². The minimum absolute atomic E-state index is 0.0647. The highest BCUT2D eigenvalue weighted by Crippen LogP contribution is 2.26. The zero-order valence-electron chi connectivity index (χ0n) is 19.0. The molecule has 178 valence electrons. The molecule has 12 heteroatoms. The quantitative estimate of drug-likeness (QED) is 0.558. The molecule has 2 N–H and O–H groups in total. The van der Waals surface area contributed by atoms with E-state index in [0.29, 0.717) is 5.82 Å². The molecule has 11 nitrogen and oxygen atoms in total. The van der Waals surface area contributed by atoms with Crippen LogP contribution in [0.4, 0.5) is 5.82 Å². The summed E-state index contributed by atoms with van der Waals surface area (Å²) in [6.45, 7) is 6.12. The lowest BCUT2D eigenvalue weighted by Crippen LogP contribution is -2.49. The first-order valence-electron chi connectivity index (χ1n) is 10.6. The molecule has 34 heavy (non-hydrogen) atoms. The molecular weight excluding hydrogens is 458 g/mol. The predicted molar refractivity (Wildman–Crippen MR) is 124 cm³/mol. The molecule has 1 aliphatic rings. The Morgan fingerprint density at radius 2 is 1.85 bits per heavy atom. The van der Waals surface area contributed by atoms with Crippen LogP contribution < -0.4 is 10.6 Å². The molecule has 2 amide bonds. The van der Waals surface area contributed by atoms with Crippen LogP contribution in [0.15, 0.2) is 53.7 Å². The Labute approximate surface area is 197 Å². The first-order chi connectivity index (χ1) is 16.1. The van der Waals surface area contributed by atoms with Crippen LogP contribution in [0.25, 0.3) is 5.95 Å². The Hall–Kier alpha value is -3.64. The van der Waals surface area contributed by atoms with Crippen molar-refractivity contribution in [3.63, 3.8) is 0 Å². The molecular formula is C22H25N7O4S. The Morgan fingerprint density at radius 1 is 1.12 bits per heavy atom. The van der Waals surface area contributed by atoms with Gasteiger partial charge in [0.15, 0.2) is 0 Å². The van der Waals surface area contributed by atoms with Gasteiger partial charge >= 0.3 is 0 Å². The van der Waals surface area contributed by atoms with E-state index in [4.69, 9.17) is 0 Å². The first kappa shape index (κ1) is 23.5. The monoisotopic (exact) mass is 483 g/mol. The Kier molecular flexibility index (Phi) is 6.19. The number of sulfonamides is 1. The van der Waals surface area contributed by atoms with Gasteiger partial charge in [0.25, 0.3) is 11.9 Å². The molecule has 4 rings (SSSR count). The van der Waals surface area contributed by atoms with Gasteiger partial charge in [-0.05, 0) is 24.3 Å². The molecule has 0 atom stereocenters. The van der Waals surface area contributed by atoms with Gasteiger partial charge in [-0.25, -0.2) is 18.4 Å². The average molecular weight is 484 g/mol. The standard InChI is InChI=1S/C22H25N7O4S/c1-22(2,3)17-13-18(29(27-17)21-24-8-5-9-25-21)26-20(31)15-6-4-7-16(12-15)34(32,33)28-11-10-23-19(30)14-28/h4-9,12-13H,10-11,14H2,1-3H3,(H,23,30)(H,26,31). The highest BCUT2D eigenvalue weighted by molar-refractivity contribution is 7.89. The van der Waals surface area contributed by atoms with Crippen molar-refractivity contribution in [1.29, 1.82) is 0 Å². The van der Waals surface area contributed by atoms with Crippen molar-refractivity contribution in [1.82, 2.24) is 29.4 Å². The summed E-state index contributed by atoms with van der Waals surface area (Å²) < 4.78 is 28.5. The van der Waals surface area contributed by atoms with Gasteiger partial charge in [-0.3, -0.25) is 9.59 Å². The number of carbonyl (C=O) groups excluding carboxylic acids is 2. The van der Waals surface area contributed by atoms with Gasteiger partial charge < -0.3 is 10.6 Å². The average Bonchev–Trinajstić information content (AvgIpc) is 3.24. The van der Waals surface area contributed by atoms with E-state index < -0.39 is 15.9 Å². The van der Waals surface area contributed by atoms with Crippen LogP contribution in [0.2, 0.25) is 0 Å². The summed E-state index contributed by atoms with van der Waals surface area (Å²) in [5.74, 6) is -0.254. The second kappa shape index (κ2) is 8.95. The number of nitrogens with zero attached hydrogens (tertiary/aromatic N) is 5. The maximum atomic E-state index is 13.1. The van der Waals surface area contributed by atoms with E-state index in [9.17, 15) is 18.0 Å². The second-order valence-corrected chi connectivity index (χ2v) is 10.7. The largest absolute Gasteiger partial charge is 0.354 e. The van der Waals surface area contributed by atoms with Crippen LogP contribution in [-0.2, 0) is 20.2 Å². The Morgan fingerprint density at radius 3 is 2.53 bits per heavy atom. The minimum atomic E-state index is -3.94. The van der Waals surface area contributed by atoms with Crippen LogP contribution in [-0.4, -0.2) is 63.9 Å². The lowest BCUT2D eigenvalue weighted by Gasteiger charge is -2.26. The summed E-state index contributed by atoms with van der Waals surface area (Å²) in [5.41, 5.74) is 0.561. The fourth-order valence-electron chi connectivity index (χ4n) is 3.35. The number of rotatable bonds is 5. The summed E-state index contributed by atoms with van der Waals surface area (Å²) in [5, 5.41) is 9.95. The molecule has 0 unspecified atom stereocenters. The summed E-state index contributed by atoms with van der Waals surface area (Å²) in [6.07, 6.45) is 3.14. The van der Waals surface area contributed by atoms with Crippen molar-refractivity contribution < 1.29 is 18.0 Å². The van der Waals surface area contributed by atoms with Gasteiger partial charge in [0.05, 0.1) is 17.1 Å². The van der Waals surface area contributed by atoms with Crippen molar-refractivity contribution in [2.24, 2.45) is 0 Å². The van der Waals surface area contributed by atoms with Crippen molar-refractivity contribution in [3.8, 4) is 5.95 Å². The fraction of sp³-hybridized carbons (Fsp3) is 0.318. The summed E-state index contributed by atoms with van der Waals surface area (Å²) in [4.78, 5) is 33.1. The van der Waals surface area contributed by atoms with Gasteiger partial charge in [-0.2, -0.15) is 14.1 Å². The number of carbonyl (C=O) groups is 2. The molecule has 2 aromatic heterocycles. The number of amides is 2. The normalized spacial score (nSPS) is 15.1. The van der Waals surface area contributed by atoms with E-state index in [2.05, 4.69) is 25.7 Å². The molecule has 3 heterocycles. The third-order valence-electron chi connectivity index (χ3n) is 5.20. The molecule has 1 fully saturated rings. The number of benzene rings is 1. The van der Waals surface area contributed by atoms with Gasteiger partial charge in [-0.15, -0.1) is 0 Å². The third kappa shape index (κ3) is 4.82. The van der Waals surface area contributed by atoms with E-state index in [-0.39, 0.29) is 47.4 Å². The molecule has 1 aromatic carbocycles. The number of piperazine rings is 1. The van der Waals surface area contributed by atoms with Gasteiger partial charge in [0.2, 0.25) is 15.9 Å². The van der Waals surface area contributed by atoms with E-state index in [1.165, 1.54) is 28.9 Å². The topological polar surface area (TPSA) is 139 Å². The first-order valence-corrected chi connectivity index (χ1v) is 12.1. The summed E-state index contributed by atoms with van der Waals surface area (Å²) in [6, 6.07) is 9.11. The highest BCUT2D eigenvalue weighted by Gasteiger charge is 2.30. The molecule has 0 spiro atoms. The molecule has 3 aromatic rings. The van der Waals surface area contributed by atoms with E-state index in [1.807, 2.05) is 20.8 Å². The van der Waals surface area contributed by atoms with Crippen molar-refractivity contribution in [2.45, 2.75) is 31.1 Å². The number of hydrogen-bond donors (Lipinski definition) is 2. The maximum Gasteiger partial charge on any atom is 0.256 e. The number of aromatic nitrogens is 4. The van der Waals surface area contributed by atoms with Crippen molar-refractivity contribution in [3.05, 3.63) is 60.0 Å². The van der Waals surface area contributed by atoms with Crippen molar-refractivity contribution >= 4 is 27.7 Å². The fourth-order valence-corrected chi connectivity index (χ4v) is 4.79. The third-order valence-corrected chi connectivity index (χ3v) is 7.04. The van der Waals surface area contributed by atoms with Crippen LogP contribution >= 0.6 is 0 Å². The minimum Gasteiger partial charge on any atom is -0.354 e. The lowest BCUT2D eigenvalue weighted by atomic mass is 9.92. The Balaban J connectivity index is 1.64. The zero-order valence-corrected chi connectivity index (χ0v) is 19.8. The lowest BCUT2D eigenvalue weighted by molar-refractivity contribution is -0.122. The molecule has 0 radical (unpaired) electrons. The number of anilines is 1. The van der Waals surface area contributed by atoms with Crippen LogP contribution in [0, 0.1) is 0 Å². The van der Waals surface area contributed by atoms with E-state index in [0.717, 1.165) is 10.00 Å². The number of nitrogens with one attached hydrogen (secondary N) is 2. The number of hydrogen-bond acceptors (Lipinski definition) is 7. The van der Waals surface area contributed by atoms with Gasteiger partial charge in [-0.1, -0.05) is 26.8 Å². The SMILES string of the molecule is CC(C)(C)c1cc(NC(=O)c2cccc(S(=O)(=O)N3CCNC(=O)C3)c2)n(-c2ncccn2)n1. The van der Waals surface area contributed by atoms with E-state index in [1.54, 1.807) is 24.5 Å². The predicted octanol–water partition coefficient (Wildman–Crippen LogP) is 1.33. The van der Waals surface area contributed by atoms with Crippen molar-refractivity contribution in [2.75, 3.05) is 25.0 Å². The molecule has 1 saturated heterocycles. The Bertz CT molecular complexity index is 1330. The highest BCUT2D eigenvalue weighted by atomic mass is 32.2. The molecule has 0 bridgehead atoms. The second-order valence-electron chi connectivity index (χ2n) is 8.80. The van der Waals surface area contributed by atoms with Crippen LogP contribution in [0.3, 0.4) is 0 Å². The zero-order chi connectivity index (χ0) is 24.5. The van der Waals surface area contributed by atoms with Crippen LogP contribution in [0.5, 0.6) is 0 Å². The summed E-state index contributed by atoms with van der Waals surface area (Å²) in [7, 11) is -3.94. The molecule has 0 aliphatic carbocycles. The van der Waals surface area contributed by atoms with E-state index >= 15 is 0 Å².